The number of ether oxygens (including phenoxy) is 2. The molecule has 1 saturated heterocycles. The summed E-state index contributed by atoms with van der Waals surface area (Å²) in [4.78, 5) is 26.6. The predicted molar refractivity (Wildman–Crippen MR) is 99.8 cm³/mol. The first kappa shape index (κ1) is 19.7. The third-order valence-electron chi connectivity index (χ3n) is 5.25. The van der Waals surface area contributed by atoms with Gasteiger partial charge in [-0.1, -0.05) is 30.3 Å². The average Bonchev–Trinajstić information content (AvgIpc) is 3.27. The van der Waals surface area contributed by atoms with Gasteiger partial charge < -0.3 is 14.6 Å². The smallest absolute Gasteiger partial charge is 0.410 e. The van der Waals surface area contributed by atoms with Gasteiger partial charge in [0, 0.05) is 6.04 Å². The summed E-state index contributed by atoms with van der Waals surface area (Å²) in [5, 5.41) is 10.8. The molecule has 1 N–H and O–H groups in total. The van der Waals surface area contributed by atoms with Gasteiger partial charge in [0.2, 0.25) is 0 Å². The molecule has 1 saturated carbocycles. The summed E-state index contributed by atoms with van der Waals surface area (Å²) in [6, 6.07) is 9.12. The van der Waals surface area contributed by atoms with Crippen molar-refractivity contribution in [3.63, 3.8) is 0 Å². The number of benzene rings is 1. The van der Waals surface area contributed by atoms with Crippen LogP contribution in [-0.2, 0) is 20.9 Å². The van der Waals surface area contributed by atoms with Crippen molar-refractivity contribution in [2.45, 2.75) is 70.9 Å². The Kier molecular flexibility index (Phi) is 5.47. The molecule has 3 rings (SSSR count). The second-order valence-corrected chi connectivity index (χ2v) is 8.63. The molecule has 2 aliphatic rings. The van der Waals surface area contributed by atoms with Crippen LogP contribution in [-0.4, -0.2) is 45.9 Å². The number of carbonyl (C=O) groups excluding carboxylic acids is 2. The summed E-state index contributed by atoms with van der Waals surface area (Å²) in [7, 11) is 0. The fourth-order valence-corrected chi connectivity index (χ4v) is 3.72. The first-order chi connectivity index (χ1) is 12.7. The molecule has 1 aliphatic carbocycles. The van der Waals surface area contributed by atoms with Crippen molar-refractivity contribution < 1.29 is 24.2 Å². The molecule has 5 atom stereocenters. The second-order valence-electron chi connectivity index (χ2n) is 8.63. The maximum absolute atomic E-state index is 12.6. The molecule has 0 aromatic heterocycles. The normalized spacial score (nSPS) is 26.1. The van der Waals surface area contributed by atoms with E-state index >= 15 is 0 Å². The Morgan fingerprint density at radius 3 is 2.52 bits per heavy atom. The maximum Gasteiger partial charge on any atom is 0.410 e. The summed E-state index contributed by atoms with van der Waals surface area (Å²) in [5.74, 6) is -0.790. The van der Waals surface area contributed by atoms with E-state index in [4.69, 9.17) is 9.47 Å². The van der Waals surface area contributed by atoms with E-state index in [1.54, 1.807) is 11.8 Å². The lowest BCUT2D eigenvalue weighted by Crippen LogP contribution is -2.50. The molecule has 0 bridgehead atoms. The standard InChI is InChI=1S/C21H29NO5/c1-13(19(24)26-12-14-8-6-5-7-9-14)18(23)17-11-15-10-16(15)22(17)20(25)27-21(2,3)4/h5-9,13,15-18,23H,10-12H2,1-4H3/t13?,15-,16-,17-,18?/m0/s1. The highest BCUT2D eigenvalue weighted by Gasteiger charge is 2.57. The van der Waals surface area contributed by atoms with Crippen LogP contribution < -0.4 is 0 Å². The molecule has 2 unspecified atom stereocenters. The SMILES string of the molecule is CC(C(=O)OCc1ccccc1)C(O)[C@@H]1C[C@@H]2C[C@@H]2N1C(=O)OC(C)(C)C. The Bertz CT molecular complexity index is 684. The number of hydrogen-bond acceptors (Lipinski definition) is 5. The van der Waals surface area contributed by atoms with Crippen molar-refractivity contribution in [2.75, 3.05) is 0 Å². The number of piperidine rings is 1. The molecule has 1 aromatic carbocycles. The lowest BCUT2D eigenvalue weighted by atomic mass is 9.95. The van der Waals surface area contributed by atoms with Crippen LogP contribution >= 0.6 is 0 Å². The molecule has 1 aromatic rings. The van der Waals surface area contributed by atoms with Gasteiger partial charge in [0.1, 0.15) is 12.2 Å². The summed E-state index contributed by atoms with van der Waals surface area (Å²) < 4.78 is 10.9. The van der Waals surface area contributed by atoms with E-state index in [1.165, 1.54) is 0 Å². The fourth-order valence-electron chi connectivity index (χ4n) is 3.72. The van der Waals surface area contributed by atoms with Crippen LogP contribution in [0, 0.1) is 11.8 Å². The number of hydrogen-bond donors (Lipinski definition) is 1. The van der Waals surface area contributed by atoms with Crippen molar-refractivity contribution in [1.29, 1.82) is 0 Å². The van der Waals surface area contributed by atoms with Crippen LogP contribution in [0.3, 0.4) is 0 Å². The monoisotopic (exact) mass is 375 g/mol. The molecule has 0 radical (unpaired) electrons. The Labute approximate surface area is 160 Å². The minimum atomic E-state index is -0.978. The van der Waals surface area contributed by atoms with E-state index in [0.29, 0.717) is 12.3 Å². The summed E-state index contributed by atoms with van der Waals surface area (Å²) in [5.41, 5.74) is 0.296. The summed E-state index contributed by atoms with van der Waals surface area (Å²) in [6.45, 7) is 7.28. The van der Waals surface area contributed by atoms with Gasteiger partial charge in [-0.05, 0) is 52.0 Å². The first-order valence-corrected chi connectivity index (χ1v) is 9.57. The predicted octanol–water partition coefficient (Wildman–Crippen LogP) is 3.12. The van der Waals surface area contributed by atoms with Gasteiger partial charge in [-0.3, -0.25) is 9.69 Å². The van der Waals surface area contributed by atoms with Crippen molar-refractivity contribution in [3.8, 4) is 0 Å². The van der Waals surface area contributed by atoms with Crippen molar-refractivity contribution in [2.24, 2.45) is 11.8 Å². The largest absolute Gasteiger partial charge is 0.461 e. The zero-order valence-corrected chi connectivity index (χ0v) is 16.4. The molecule has 2 fully saturated rings. The van der Waals surface area contributed by atoms with Crippen LogP contribution in [0.5, 0.6) is 0 Å². The Morgan fingerprint density at radius 2 is 1.89 bits per heavy atom. The first-order valence-electron chi connectivity index (χ1n) is 9.57. The number of aliphatic hydroxyl groups excluding tert-OH is 1. The highest BCUT2D eigenvalue weighted by atomic mass is 16.6. The highest BCUT2D eigenvalue weighted by molar-refractivity contribution is 5.74. The van der Waals surface area contributed by atoms with E-state index in [2.05, 4.69) is 0 Å². The number of aliphatic hydroxyl groups is 1. The lowest BCUT2D eigenvalue weighted by Gasteiger charge is -2.34. The molecule has 148 valence electrons. The number of amides is 1. The van der Waals surface area contributed by atoms with Gasteiger partial charge in [-0.25, -0.2) is 4.79 Å². The quantitative estimate of drug-likeness (QED) is 0.800. The Morgan fingerprint density at radius 1 is 1.22 bits per heavy atom. The van der Waals surface area contributed by atoms with E-state index < -0.39 is 35.7 Å². The van der Waals surface area contributed by atoms with Crippen LogP contribution in [0.2, 0.25) is 0 Å². The highest BCUT2D eigenvalue weighted by Crippen LogP contribution is 2.49. The zero-order valence-electron chi connectivity index (χ0n) is 16.4. The number of nitrogens with zero attached hydrogens (tertiary/aromatic N) is 1. The molecule has 1 heterocycles. The van der Waals surface area contributed by atoms with Gasteiger partial charge in [-0.15, -0.1) is 0 Å². The Hall–Kier alpha value is -2.08. The van der Waals surface area contributed by atoms with Gasteiger partial charge in [0.25, 0.3) is 0 Å². The van der Waals surface area contributed by atoms with Gasteiger partial charge >= 0.3 is 12.1 Å². The number of fused-ring (bicyclic) bond motifs is 1. The van der Waals surface area contributed by atoms with Crippen LogP contribution in [0.1, 0.15) is 46.1 Å². The van der Waals surface area contributed by atoms with E-state index in [-0.39, 0.29) is 12.6 Å². The third-order valence-corrected chi connectivity index (χ3v) is 5.25. The summed E-state index contributed by atoms with van der Waals surface area (Å²) >= 11 is 0. The molecule has 27 heavy (non-hydrogen) atoms. The van der Waals surface area contributed by atoms with E-state index in [0.717, 1.165) is 12.0 Å². The number of likely N-dealkylation sites (tertiary alicyclic amines) is 1. The van der Waals surface area contributed by atoms with E-state index in [1.807, 2.05) is 51.1 Å². The minimum Gasteiger partial charge on any atom is -0.461 e. The van der Waals surface area contributed by atoms with Gasteiger partial charge in [-0.2, -0.15) is 0 Å². The number of rotatable bonds is 5. The minimum absolute atomic E-state index is 0.118. The van der Waals surface area contributed by atoms with Crippen molar-refractivity contribution >= 4 is 12.1 Å². The topological polar surface area (TPSA) is 76.1 Å². The summed E-state index contributed by atoms with van der Waals surface area (Å²) in [6.07, 6.45) is 0.242. The van der Waals surface area contributed by atoms with Gasteiger partial charge in [0.05, 0.1) is 18.1 Å². The van der Waals surface area contributed by atoms with E-state index in [9.17, 15) is 14.7 Å². The van der Waals surface area contributed by atoms with Gasteiger partial charge in [0.15, 0.2) is 0 Å². The molecule has 1 aliphatic heterocycles. The number of esters is 1. The van der Waals surface area contributed by atoms with Crippen LogP contribution in [0.15, 0.2) is 30.3 Å². The molecule has 6 nitrogen and oxygen atoms in total. The fraction of sp³-hybridized carbons (Fsp3) is 0.619. The van der Waals surface area contributed by atoms with Crippen molar-refractivity contribution in [1.82, 2.24) is 4.90 Å². The Balaban J connectivity index is 1.60. The molecular formula is C21H29NO5. The molecule has 6 heteroatoms. The molecule has 0 spiro atoms. The van der Waals surface area contributed by atoms with Crippen LogP contribution in [0.25, 0.3) is 0 Å². The van der Waals surface area contributed by atoms with Crippen LogP contribution in [0.4, 0.5) is 4.79 Å². The molecular weight excluding hydrogens is 346 g/mol. The molecule has 1 amide bonds. The zero-order chi connectivity index (χ0) is 19.8. The van der Waals surface area contributed by atoms with Crippen molar-refractivity contribution in [3.05, 3.63) is 35.9 Å². The third kappa shape index (κ3) is 4.61. The second kappa shape index (κ2) is 7.50. The lowest BCUT2D eigenvalue weighted by molar-refractivity contribution is -0.154. The number of carbonyl (C=O) groups is 2. The average molecular weight is 375 g/mol. The maximum atomic E-state index is 12.6.